The molecule has 2 rings (SSSR count). The van der Waals surface area contributed by atoms with Gasteiger partial charge >= 0.3 is 0 Å². The highest BCUT2D eigenvalue weighted by Gasteiger charge is 2.31. The predicted molar refractivity (Wildman–Crippen MR) is 73.7 cm³/mol. The summed E-state index contributed by atoms with van der Waals surface area (Å²) in [6, 6.07) is 5.65. The lowest BCUT2D eigenvalue weighted by Gasteiger charge is -2.20. The van der Waals surface area contributed by atoms with Crippen molar-refractivity contribution in [2.75, 3.05) is 6.61 Å². The van der Waals surface area contributed by atoms with E-state index in [2.05, 4.69) is 29.8 Å². The third kappa shape index (κ3) is 3.46. The van der Waals surface area contributed by atoms with Gasteiger partial charge in [0.15, 0.2) is 0 Å². The molecule has 18 heavy (non-hydrogen) atoms. The van der Waals surface area contributed by atoms with Crippen LogP contribution in [0, 0.1) is 0 Å². The van der Waals surface area contributed by atoms with Gasteiger partial charge in [-0.1, -0.05) is 15.9 Å². The van der Waals surface area contributed by atoms with Crippen LogP contribution in [0.4, 0.5) is 0 Å². The first-order valence-corrected chi connectivity index (χ1v) is 6.99. The number of benzene rings is 1. The minimum absolute atomic E-state index is 0.0220. The average molecular weight is 315 g/mol. The van der Waals surface area contributed by atoms with Crippen LogP contribution in [0.15, 0.2) is 22.7 Å². The van der Waals surface area contributed by atoms with E-state index in [9.17, 15) is 5.11 Å². The van der Waals surface area contributed by atoms with Gasteiger partial charge in [-0.3, -0.25) is 0 Å². The highest BCUT2D eigenvalue weighted by Crippen LogP contribution is 2.30. The van der Waals surface area contributed by atoms with E-state index in [0.29, 0.717) is 6.61 Å². The zero-order valence-electron chi connectivity index (χ0n) is 10.8. The van der Waals surface area contributed by atoms with E-state index in [1.807, 2.05) is 18.2 Å². The van der Waals surface area contributed by atoms with Gasteiger partial charge in [-0.15, -0.1) is 0 Å². The maximum atomic E-state index is 9.29. The van der Waals surface area contributed by atoms with Crippen LogP contribution in [0.5, 0.6) is 5.75 Å². The van der Waals surface area contributed by atoms with E-state index in [0.717, 1.165) is 28.6 Å². The van der Waals surface area contributed by atoms with Gasteiger partial charge in [0.05, 0.1) is 18.3 Å². The Morgan fingerprint density at radius 3 is 2.89 bits per heavy atom. The van der Waals surface area contributed by atoms with Crippen molar-refractivity contribution < 1.29 is 14.6 Å². The standard InChI is InChI=1S/C14H19BrO3/c1-14(2)6-5-12(18-14)9-17-13-4-3-11(15)7-10(13)8-16/h3-4,7,12,16H,5-6,8-9H2,1-2H3. The highest BCUT2D eigenvalue weighted by atomic mass is 79.9. The molecule has 0 aliphatic carbocycles. The van der Waals surface area contributed by atoms with Gasteiger partial charge in [-0.25, -0.2) is 0 Å². The number of ether oxygens (including phenoxy) is 2. The minimum atomic E-state index is -0.0342. The normalized spacial score (nSPS) is 22.1. The molecule has 1 atom stereocenters. The van der Waals surface area contributed by atoms with Crippen LogP contribution in [0.25, 0.3) is 0 Å². The topological polar surface area (TPSA) is 38.7 Å². The van der Waals surface area contributed by atoms with Gasteiger partial charge in [-0.05, 0) is 44.9 Å². The second-order valence-corrected chi connectivity index (χ2v) is 6.18. The SMILES string of the molecule is CC1(C)CCC(COc2ccc(Br)cc2CO)O1. The number of aliphatic hydroxyl groups is 1. The molecule has 0 radical (unpaired) electrons. The number of aliphatic hydroxyl groups excluding tert-OH is 1. The van der Waals surface area contributed by atoms with Gasteiger partial charge < -0.3 is 14.6 Å². The molecule has 0 aromatic heterocycles. The molecule has 1 N–H and O–H groups in total. The van der Waals surface area contributed by atoms with Crippen molar-refractivity contribution in [3.05, 3.63) is 28.2 Å². The number of hydrogen-bond acceptors (Lipinski definition) is 3. The van der Waals surface area contributed by atoms with Crippen molar-refractivity contribution in [3.63, 3.8) is 0 Å². The van der Waals surface area contributed by atoms with E-state index < -0.39 is 0 Å². The van der Waals surface area contributed by atoms with Crippen molar-refractivity contribution in [2.45, 2.75) is 45.0 Å². The maximum absolute atomic E-state index is 9.29. The zero-order valence-corrected chi connectivity index (χ0v) is 12.4. The second-order valence-electron chi connectivity index (χ2n) is 5.26. The molecule has 1 aromatic carbocycles. The molecule has 3 nitrogen and oxygen atoms in total. The molecule has 1 saturated heterocycles. The molecule has 1 unspecified atom stereocenters. The molecule has 1 aromatic rings. The zero-order chi connectivity index (χ0) is 13.2. The van der Waals surface area contributed by atoms with Crippen molar-refractivity contribution in [3.8, 4) is 5.75 Å². The molecule has 1 aliphatic heterocycles. The Bertz CT molecular complexity index is 418. The van der Waals surface area contributed by atoms with E-state index >= 15 is 0 Å². The third-order valence-corrected chi connectivity index (χ3v) is 3.66. The smallest absolute Gasteiger partial charge is 0.125 e. The van der Waals surface area contributed by atoms with Crippen molar-refractivity contribution >= 4 is 15.9 Å². The Hall–Kier alpha value is -0.580. The molecule has 1 heterocycles. The second kappa shape index (κ2) is 5.59. The Labute approximate surface area is 116 Å². The summed E-state index contributed by atoms with van der Waals surface area (Å²) in [5.41, 5.74) is 0.759. The number of halogens is 1. The van der Waals surface area contributed by atoms with Crippen LogP contribution in [-0.2, 0) is 11.3 Å². The van der Waals surface area contributed by atoms with Crippen LogP contribution >= 0.6 is 15.9 Å². The molecular formula is C14H19BrO3. The molecule has 0 spiro atoms. The van der Waals surface area contributed by atoms with Crippen LogP contribution < -0.4 is 4.74 Å². The van der Waals surface area contributed by atoms with E-state index in [1.54, 1.807) is 0 Å². The first-order valence-electron chi connectivity index (χ1n) is 6.20. The quantitative estimate of drug-likeness (QED) is 0.927. The van der Waals surface area contributed by atoms with Crippen molar-refractivity contribution in [1.82, 2.24) is 0 Å². The fraction of sp³-hybridized carbons (Fsp3) is 0.571. The average Bonchev–Trinajstić information content (AvgIpc) is 2.67. The fourth-order valence-corrected chi connectivity index (χ4v) is 2.60. The summed E-state index contributed by atoms with van der Waals surface area (Å²) >= 11 is 3.38. The van der Waals surface area contributed by atoms with Crippen LogP contribution in [0.1, 0.15) is 32.3 Å². The Balaban J connectivity index is 1.94. The van der Waals surface area contributed by atoms with Gasteiger partial charge in [0.2, 0.25) is 0 Å². The summed E-state index contributed by atoms with van der Waals surface area (Å²) in [7, 11) is 0. The Morgan fingerprint density at radius 2 is 2.28 bits per heavy atom. The summed E-state index contributed by atoms with van der Waals surface area (Å²) < 4.78 is 12.6. The van der Waals surface area contributed by atoms with Gasteiger partial charge in [0.25, 0.3) is 0 Å². The van der Waals surface area contributed by atoms with Crippen LogP contribution in [-0.4, -0.2) is 23.4 Å². The number of rotatable bonds is 4. The van der Waals surface area contributed by atoms with Crippen LogP contribution in [0.2, 0.25) is 0 Å². The summed E-state index contributed by atoms with van der Waals surface area (Å²) in [6.07, 6.45) is 2.24. The molecule has 4 heteroatoms. The Morgan fingerprint density at radius 1 is 1.50 bits per heavy atom. The monoisotopic (exact) mass is 314 g/mol. The van der Waals surface area contributed by atoms with Gasteiger partial charge in [0.1, 0.15) is 12.4 Å². The van der Waals surface area contributed by atoms with Crippen molar-refractivity contribution in [1.29, 1.82) is 0 Å². The van der Waals surface area contributed by atoms with Gasteiger partial charge in [0, 0.05) is 10.0 Å². The van der Waals surface area contributed by atoms with E-state index in [4.69, 9.17) is 9.47 Å². The maximum Gasteiger partial charge on any atom is 0.125 e. The molecule has 1 fully saturated rings. The predicted octanol–water partition coefficient (Wildman–Crippen LogP) is 3.28. The van der Waals surface area contributed by atoms with Gasteiger partial charge in [-0.2, -0.15) is 0 Å². The first kappa shape index (κ1) is 13.8. The summed E-state index contributed by atoms with van der Waals surface area (Å²) in [5, 5.41) is 9.29. The summed E-state index contributed by atoms with van der Waals surface area (Å²) in [6.45, 7) is 4.72. The fourth-order valence-electron chi connectivity index (χ4n) is 2.19. The highest BCUT2D eigenvalue weighted by molar-refractivity contribution is 9.10. The molecule has 100 valence electrons. The van der Waals surface area contributed by atoms with E-state index in [-0.39, 0.29) is 18.3 Å². The molecule has 0 amide bonds. The lowest BCUT2D eigenvalue weighted by molar-refractivity contribution is -0.0328. The lowest BCUT2D eigenvalue weighted by Crippen LogP contribution is -2.24. The number of hydrogen-bond donors (Lipinski definition) is 1. The lowest BCUT2D eigenvalue weighted by atomic mass is 10.1. The summed E-state index contributed by atoms with van der Waals surface area (Å²) in [4.78, 5) is 0. The third-order valence-electron chi connectivity index (χ3n) is 3.17. The minimum Gasteiger partial charge on any atom is -0.491 e. The molecule has 0 saturated carbocycles. The largest absolute Gasteiger partial charge is 0.491 e. The van der Waals surface area contributed by atoms with Crippen molar-refractivity contribution in [2.24, 2.45) is 0 Å². The summed E-state index contributed by atoms with van der Waals surface area (Å²) in [5.74, 6) is 0.731. The van der Waals surface area contributed by atoms with E-state index in [1.165, 1.54) is 0 Å². The molecule has 0 bridgehead atoms. The van der Waals surface area contributed by atoms with Crippen LogP contribution in [0.3, 0.4) is 0 Å². The molecule has 1 aliphatic rings. The first-order chi connectivity index (χ1) is 8.50. The Kier molecular flexibility index (Phi) is 4.30. The molecular weight excluding hydrogens is 296 g/mol.